The summed E-state index contributed by atoms with van der Waals surface area (Å²) in [7, 11) is 0. The molecule has 0 bridgehead atoms. The van der Waals surface area contributed by atoms with E-state index in [1.807, 2.05) is 6.07 Å². The maximum absolute atomic E-state index is 12.8. The van der Waals surface area contributed by atoms with Gasteiger partial charge in [-0.15, -0.1) is 0 Å². The predicted octanol–water partition coefficient (Wildman–Crippen LogP) is 2.44. The van der Waals surface area contributed by atoms with Gasteiger partial charge in [-0.2, -0.15) is 0 Å². The van der Waals surface area contributed by atoms with E-state index in [1.165, 1.54) is 0 Å². The molecule has 1 saturated carbocycles. The fourth-order valence-corrected chi connectivity index (χ4v) is 1.78. The second kappa shape index (κ2) is 3.31. The average Bonchev–Trinajstić information content (AvgIpc) is 2.98. The van der Waals surface area contributed by atoms with Crippen molar-refractivity contribution in [1.29, 1.82) is 0 Å². The molecule has 2 rings (SSSR count). The van der Waals surface area contributed by atoms with Crippen molar-refractivity contribution in [3.8, 4) is 0 Å². The van der Waals surface area contributed by atoms with Crippen molar-refractivity contribution in [2.45, 2.75) is 31.2 Å². The van der Waals surface area contributed by atoms with Crippen LogP contribution in [0.5, 0.6) is 0 Å². The molecule has 0 atom stereocenters. The summed E-state index contributed by atoms with van der Waals surface area (Å²) in [5.41, 5.74) is 6.29. The summed E-state index contributed by atoms with van der Waals surface area (Å²) in [5.74, 6) is 0. The van der Waals surface area contributed by atoms with Crippen molar-refractivity contribution in [3.63, 3.8) is 0 Å². The largest absolute Gasteiger partial charge is 0.326 e. The van der Waals surface area contributed by atoms with Gasteiger partial charge in [0.15, 0.2) is 0 Å². The lowest BCUT2D eigenvalue weighted by Gasteiger charge is -2.15. The zero-order chi connectivity index (χ0) is 10.2. The van der Waals surface area contributed by atoms with Gasteiger partial charge < -0.3 is 5.73 Å². The third kappa shape index (κ3) is 1.42. The van der Waals surface area contributed by atoms with Gasteiger partial charge in [0.05, 0.1) is 5.41 Å². The Morgan fingerprint density at radius 3 is 2.57 bits per heavy atom. The van der Waals surface area contributed by atoms with E-state index in [2.05, 4.69) is 0 Å². The molecule has 1 fully saturated rings. The molecule has 1 aliphatic rings. The first-order valence-electron chi connectivity index (χ1n) is 4.77. The highest BCUT2D eigenvalue weighted by atomic mass is 19.3. The summed E-state index contributed by atoms with van der Waals surface area (Å²) in [6.07, 6.45) is -1.06. The number of hydrogen-bond acceptors (Lipinski definition) is 1. The highest BCUT2D eigenvalue weighted by Gasteiger charge is 2.52. The van der Waals surface area contributed by atoms with Crippen LogP contribution in [0.1, 0.15) is 24.0 Å². The Morgan fingerprint density at radius 1 is 1.36 bits per heavy atom. The molecule has 3 heteroatoms. The fourth-order valence-electron chi connectivity index (χ4n) is 1.78. The van der Waals surface area contributed by atoms with Crippen LogP contribution in [-0.4, -0.2) is 6.43 Å². The first-order valence-corrected chi connectivity index (χ1v) is 4.77. The van der Waals surface area contributed by atoms with Crippen LogP contribution in [0.25, 0.3) is 0 Å². The Bertz CT molecular complexity index is 332. The standard InChI is InChI=1S/C11H13F2N/c12-10(13)11(4-5-11)9-3-1-2-8(6-9)7-14/h1-3,6,10H,4-5,7,14H2. The van der Waals surface area contributed by atoms with E-state index in [0.29, 0.717) is 19.4 Å². The first-order chi connectivity index (χ1) is 6.69. The molecule has 0 radical (unpaired) electrons. The SMILES string of the molecule is NCc1cccc(C2(C(F)F)CC2)c1. The molecule has 1 aliphatic carbocycles. The van der Waals surface area contributed by atoms with Crippen LogP contribution in [-0.2, 0) is 12.0 Å². The zero-order valence-electron chi connectivity index (χ0n) is 7.84. The first kappa shape index (κ1) is 9.59. The average molecular weight is 197 g/mol. The summed E-state index contributed by atoms with van der Waals surface area (Å²) < 4.78 is 25.5. The van der Waals surface area contributed by atoms with Gasteiger partial charge in [0.1, 0.15) is 0 Å². The molecule has 0 unspecified atom stereocenters. The summed E-state index contributed by atoms with van der Waals surface area (Å²) in [5, 5.41) is 0. The number of rotatable bonds is 3. The number of benzene rings is 1. The highest BCUT2D eigenvalue weighted by molar-refractivity contribution is 5.35. The second-order valence-corrected chi connectivity index (χ2v) is 3.86. The smallest absolute Gasteiger partial charge is 0.248 e. The lowest BCUT2D eigenvalue weighted by atomic mass is 9.95. The monoisotopic (exact) mass is 197 g/mol. The van der Waals surface area contributed by atoms with E-state index >= 15 is 0 Å². The molecule has 2 N–H and O–H groups in total. The van der Waals surface area contributed by atoms with E-state index < -0.39 is 11.8 Å². The predicted molar refractivity (Wildman–Crippen MR) is 51.2 cm³/mol. The van der Waals surface area contributed by atoms with E-state index in [1.54, 1.807) is 18.2 Å². The topological polar surface area (TPSA) is 26.0 Å². The Morgan fingerprint density at radius 2 is 2.07 bits per heavy atom. The molecule has 0 amide bonds. The molecule has 1 aromatic carbocycles. The third-order valence-corrected chi connectivity index (χ3v) is 2.94. The minimum atomic E-state index is -2.25. The molecule has 0 aromatic heterocycles. The molecule has 0 aliphatic heterocycles. The summed E-state index contributed by atoms with van der Waals surface area (Å²) in [6, 6.07) is 7.25. The van der Waals surface area contributed by atoms with Gasteiger partial charge in [-0.25, -0.2) is 8.78 Å². The lowest BCUT2D eigenvalue weighted by molar-refractivity contribution is 0.102. The van der Waals surface area contributed by atoms with Crippen molar-refractivity contribution in [2.24, 2.45) is 5.73 Å². The highest BCUT2D eigenvalue weighted by Crippen LogP contribution is 2.52. The number of hydrogen-bond donors (Lipinski definition) is 1. The molecule has 0 spiro atoms. The van der Waals surface area contributed by atoms with E-state index in [0.717, 1.165) is 11.1 Å². The van der Waals surface area contributed by atoms with Gasteiger partial charge in [0.25, 0.3) is 0 Å². The Labute approximate surface area is 81.9 Å². The Kier molecular flexibility index (Phi) is 2.27. The number of alkyl halides is 2. The summed E-state index contributed by atoms with van der Waals surface area (Å²) in [4.78, 5) is 0. The molecule has 1 aromatic rings. The van der Waals surface area contributed by atoms with Gasteiger partial charge in [-0.1, -0.05) is 24.3 Å². The number of nitrogens with two attached hydrogens (primary N) is 1. The van der Waals surface area contributed by atoms with Crippen molar-refractivity contribution in [1.82, 2.24) is 0 Å². The number of halogens is 2. The molecule has 1 nitrogen and oxygen atoms in total. The van der Waals surface area contributed by atoms with Gasteiger partial charge in [-0.3, -0.25) is 0 Å². The van der Waals surface area contributed by atoms with Crippen LogP contribution in [0.2, 0.25) is 0 Å². The zero-order valence-corrected chi connectivity index (χ0v) is 7.84. The second-order valence-electron chi connectivity index (χ2n) is 3.86. The maximum Gasteiger partial charge on any atom is 0.248 e. The summed E-state index contributed by atoms with van der Waals surface area (Å²) in [6.45, 7) is 0.410. The van der Waals surface area contributed by atoms with Crippen molar-refractivity contribution >= 4 is 0 Å². The van der Waals surface area contributed by atoms with Crippen LogP contribution < -0.4 is 5.73 Å². The van der Waals surface area contributed by atoms with Crippen molar-refractivity contribution in [3.05, 3.63) is 35.4 Å². The van der Waals surface area contributed by atoms with Gasteiger partial charge in [-0.05, 0) is 24.0 Å². The van der Waals surface area contributed by atoms with Crippen molar-refractivity contribution in [2.75, 3.05) is 0 Å². The Hall–Kier alpha value is -0.960. The minimum absolute atomic E-state index is 0.410. The molecule has 0 saturated heterocycles. The third-order valence-electron chi connectivity index (χ3n) is 2.94. The maximum atomic E-state index is 12.8. The van der Waals surface area contributed by atoms with Gasteiger partial charge >= 0.3 is 0 Å². The molecule has 0 heterocycles. The van der Waals surface area contributed by atoms with E-state index in [9.17, 15) is 8.78 Å². The van der Waals surface area contributed by atoms with Gasteiger partial charge in [0.2, 0.25) is 6.43 Å². The molecule has 14 heavy (non-hydrogen) atoms. The van der Waals surface area contributed by atoms with Crippen LogP contribution >= 0.6 is 0 Å². The fraction of sp³-hybridized carbons (Fsp3) is 0.455. The minimum Gasteiger partial charge on any atom is -0.326 e. The van der Waals surface area contributed by atoms with Crippen LogP contribution in [0.4, 0.5) is 8.78 Å². The lowest BCUT2D eigenvalue weighted by Crippen LogP contribution is -2.17. The molecule has 76 valence electrons. The molecular formula is C11H13F2N. The van der Waals surface area contributed by atoms with Crippen LogP contribution in [0, 0.1) is 0 Å². The van der Waals surface area contributed by atoms with Crippen LogP contribution in [0.3, 0.4) is 0 Å². The quantitative estimate of drug-likeness (QED) is 0.791. The van der Waals surface area contributed by atoms with Crippen LogP contribution in [0.15, 0.2) is 24.3 Å². The molecular weight excluding hydrogens is 184 g/mol. The Balaban J connectivity index is 2.32. The van der Waals surface area contributed by atoms with E-state index in [4.69, 9.17) is 5.73 Å². The van der Waals surface area contributed by atoms with Gasteiger partial charge in [0, 0.05) is 6.54 Å². The van der Waals surface area contributed by atoms with E-state index in [-0.39, 0.29) is 0 Å². The van der Waals surface area contributed by atoms with Crippen molar-refractivity contribution < 1.29 is 8.78 Å². The normalized spacial score (nSPS) is 18.6. The summed E-state index contributed by atoms with van der Waals surface area (Å²) >= 11 is 0.